The molecule has 1 aromatic heterocycles. The van der Waals surface area contributed by atoms with Crippen LogP contribution in [0.5, 0.6) is 11.5 Å². The fraction of sp³-hybridized carbons (Fsp3) is 0.200. The maximum absolute atomic E-state index is 11.9. The maximum atomic E-state index is 11.9. The molecular weight excluding hydrogens is 272 g/mol. The molecule has 0 saturated heterocycles. The van der Waals surface area contributed by atoms with Gasteiger partial charge in [-0.25, -0.2) is 5.43 Å². The van der Waals surface area contributed by atoms with Crippen LogP contribution in [0.3, 0.4) is 0 Å². The van der Waals surface area contributed by atoms with E-state index in [0.717, 1.165) is 5.56 Å². The summed E-state index contributed by atoms with van der Waals surface area (Å²) in [5, 5.41) is 13.6. The smallest absolute Gasteiger partial charge is 0.274 e. The lowest BCUT2D eigenvalue weighted by Crippen LogP contribution is -2.19. The molecule has 1 heterocycles. The Kier molecular flexibility index (Phi) is 4.27. The lowest BCUT2D eigenvalue weighted by Gasteiger charge is -2.06. The number of phenolic OH excluding ortho intramolecular Hbond substituents is 1. The number of hydrazone groups is 1. The zero-order valence-corrected chi connectivity index (χ0v) is 12.0. The van der Waals surface area contributed by atoms with Gasteiger partial charge in [0.25, 0.3) is 5.91 Å². The summed E-state index contributed by atoms with van der Waals surface area (Å²) in [4.78, 5) is 11.9. The lowest BCUT2D eigenvalue weighted by molar-refractivity contribution is 0.0953. The molecule has 0 aliphatic carbocycles. The maximum Gasteiger partial charge on any atom is 0.274 e. The van der Waals surface area contributed by atoms with E-state index in [2.05, 4.69) is 10.5 Å². The fourth-order valence-electron chi connectivity index (χ4n) is 1.78. The number of rotatable bonds is 4. The van der Waals surface area contributed by atoms with Gasteiger partial charge in [0.15, 0.2) is 11.5 Å². The summed E-state index contributed by atoms with van der Waals surface area (Å²) in [7, 11) is 1.47. The van der Waals surface area contributed by atoms with Crippen LogP contribution in [-0.2, 0) is 0 Å². The van der Waals surface area contributed by atoms with Crippen LogP contribution < -0.4 is 10.2 Å². The second-order valence-electron chi connectivity index (χ2n) is 4.42. The summed E-state index contributed by atoms with van der Waals surface area (Å²) >= 11 is 0. The van der Waals surface area contributed by atoms with Crippen LogP contribution in [-0.4, -0.2) is 23.8 Å². The molecule has 6 nitrogen and oxygen atoms in total. The van der Waals surface area contributed by atoms with Crippen molar-refractivity contribution >= 4 is 11.6 Å². The summed E-state index contributed by atoms with van der Waals surface area (Å²) in [6.07, 6.45) is 1.45. The van der Waals surface area contributed by atoms with Crippen molar-refractivity contribution in [2.24, 2.45) is 5.10 Å². The molecular formula is C15H16N2O4. The Balaban J connectivity index is 2.14. The monoisotopic (exact) mass is 288 g/mol. The highest BCUT2D eigenvalue weighted by Crippen LogP contribution is 2.26. The highest BCUT2D eigenvalue weighted by Gasteiger charge is 2.11. The average molecular weight is 288 g/mol. The summed E-state index contributed by atoms with van der Waals surface area (Å²) in [6.45, 7) is 3.45. The number of nitrogens with one attached hydrogen (secondary N) is 1. The summed E-state index contributed by atoms with van der Waals surface area (Å²) in [5.41, 5.74) is 4.22. The van der Waals surface area contributed by atoms with Crippen molar-refractivity contribution in [3.63, 3.8) is 0 Å². The van der Waals surface area contributed by atoms with Gasteiger partial charge in [-0.05, 0) is 38.1 Å². The first-order chi connectivity index (χ1) is 10.0. The summed E-state index contributed by atoms with van der Waals surface area (Å²) < 4.78 is 10.1. The molecule has 0 unspecified atom stereocenters. The molecule has 6 heteroatoms. The number of furan rings is 1. The number of methoxy groups -OCH3 is 1. The number of hydrogen-bond donors (Lipinski definition) is 2. The van der Waals surface area contributed by atoms with Crippen molar-refractivity contribution in [2.45, 2.75) is 13.8 Å². The Hall–Kier alpha value is -2.76. The largest absolute Gasteiger partial charge is 0.504 e. The first-order valence-electron chi connectivity index (χ1n) is 6.29. The molecule has 0 fully saturated rings. The van der Waals surface area contributed by atoms with E-state index in [1.807, 2.05) is 0 Å². The predicted molar refractivity (Wildman–Crippen MR) is 77.8 cm³/mol. The molecule has 2 N–H and O–H groups in total. The minimum atomic E-state index is -0.341. The van der Waals surface area contributed by atoms with Gasteiger partial charge in [0.05, 0.1) is 24.6 Å². The van der Waals surface area contributed by atoms with Gasteiger partial charge in [0.1, 0.15) is 5.76 Å². The van der Waals surface area contributed by atoms with E-state index in [4.69, 9.17) is 9.15 Å². The molecule has 1 amide bonds. The summed E-state index contributed by atoms with van der Waals surface area (Å²) in [5.74, 6) is 0.587. The van der Waals surface area contributed by atoms with E-state index in [9.17, 15) is 9.90 Å². The van der Waals surface area contributed by atoms with E-state index in [-0.39, 0.29) is 11.7 Å². The number of carbonyl (C=O) groups excluding carboxylic acids is 1. The summed E-state index contributed by atoms with van der Waals surface area (Å²) in [6, 6.07) is 6.42. The normalized spacial score (nSPS) is 11.3. The first-order valence-corrected chi connectivity index (χ1v) is 6.29. The van der Waals surface area contributed by atoms with Crippen LogP contribution in [0.4, 0.5) is 0 Å². The number of carbonyl (C=O) groups is 1. The lowest BCUT2D eigenvalue weighted by atomic mass is 10.1. The highest BCUT2D eigenvalue weighted by atomic mass is 16.5. The number of hydrogen-bond acceptors (Lipinski definition) is 5. The fourth-order valence-corrected chi connectivity index (χ4v) is 1.78. The average Bonchev–Trinajstić information content (AvgIpc) is 2.91. The Morgan fingerprint density at radius 2 is 2.14 bits per heavy atom. The third-order valence-corrected chi connectivity index (χ3v) is 3.03. The van der Waals surface area contributed by atoms with Crippen molar-refractivity contribution in [1.82, 2.24) is 5.43 Å². The third-order valence-electron chi connectivity index (χ3n) is 3.03. The number of aryl methyl sites for hydroxylation is 1. The molecule has 0 saturated carbocycles. The Morgan fingerprint density at radius 1 is 1.38 bits per heavy atom. The van der Waals surface area contributed by atoms with Crippen LogP contribution in [0.2, 0.25) is 0 Å². The second kappa shape index (κ2) is 6.13. The molecule has 0 aliphatic rings. The van der Waals surface area contributed by atoms with Gasteiger partial charge in [0, 0.05) is 5.56 Å². The zero-order valence-electron chi connectivity index (χ0n) is 12.0. The highest BCUT2D eigenvalue weighted by molar-refractivity contribution is 6.01. The van der Waals surface area contributed by atoms with Gasteiger partial charge in [-0.1, -0.05) is 0 Å². The zero-order chi connectivity index (χ0) is 15.4. The van der Waals surface area contributed by atoms with Crippen molar-refractivity contribution in [3.8, 4) is 11.5 Å². The van der Waals surface area contributed by atoms with Crippen LogP contribution in [0, 0.1) is 6.92 Å². The molecule has 110 valence electrons. The van der Waals surface area contributed by atoms with Gasteiger partial charge >= 0.3 is 0 Å². The molecule has 21 heavy (non-hydrogen) atoms. The molecule has 0 aliphatic heterocycles. The Labute approximate surface area is 122 Å². The van der Waals surface area contributed by atoms with E-state index in [1.54, 1.807) is 32.0 Å². The second-order valence-corrected chi connectivity index (χ2v) is 4.42. The number of benzene rings is 1. The molecule has 2 rings (SSSR count). The molecule has 0 bridgehead atoms. The molecule has 1 aromatic carbocycles. The quantitative estimate of drug-likeness (QED) is 0.668. The molecule has 2 aromatic rings. The van der Waals surface area contributed by atoms with E-state index < -0.39 is 0 Å². The number of nitrogens with zero attached hydrogens (tertiary/aromatic N) is 1. The van der Waals surface area contributed by atoms with E-state index in [0.29, 0.717) is 22.8 Å². The van der Waals surface area contributed by atoms with Gasteiger partial charge in [0.2, 0.25) is 0 Å². The number of ether oxygens (including phenoxy) is 1. The number of aromatic hydroxyl groups is 1. The van der Waals surface area contributed by atoms with E-state index in [1.165, 1.54) is 19.4 Å². The van der Waals surface area contributed by atoms with Crippen LogP contribution in [0.15, 0.2) is 40.0 Å². The standard InChI is InChI=1S/C15H16N2O4/c1-9(11-4-5-13(18)14(8-11)20-3)16-17-15(19)12-6-7-21-10(12)2/h4-8,18H,1-3H3,(H,17,19)/b16-9+. The number of amides is 1. The Morgan fingerprint density at radius 3 is 2.76 bits per heavy atom. The van der Waals surface area contributed by atoms with Crippen molar-refractivity contribution in [2.75, 3.05) is 7.11 Å². The molecule has 0 radical (unpaired) electrons. The molecule has 0 atom stereocenters. The SMILES string of the molecule is COc1cc(/C(C)=N/NC(=O)c2ccoc2C)ccc1O. The third kappa shape index (κ3) is 3.22. The topological polar surface area (TPSA) is 84.1 Å². The van der Waals surface area contributed by atoms with Crippen molar-refractivity contribution in [3.05, 3.63) is 47.4 Å². The predicted octanol–water partition coefficient (Wildman–Crippen LogP) is 2.46. The van der Waals surface area contributed by atoms with Crippen molar-refractivity contribution < 1.29 is 19.1 Å². The van der Waals surface area contributed by atoms with Crippen LogP contribution in [0.25, 0.3) is 0 Å². The van der Waals surface area contributed by atoms with Gasteiger partial charge in [-0.15, -0.1) is 0 Å². The van der Waals surface area contributed by atoms with Crippen molar-refractivity contribution in [1.29, 1.82) is 0 Å². The first kappa shape index (κ1) is 14.6. The van der Waals surface area contributed by atoms with Gasteiger partial charge in [-0.2, -0.15) is 5.10 Å². The van der Waals surface area contributed by atoms with Crippen LogP contribution in [0.1, 0.15) is 28.6 Å². The number of phenols is 1. The van der Waals surface area contributed by atoms with Gasteiger partial charge < -0.3 is 14.3 Å². The van der Waals surface area contributed by atoms with Gasteiger partial charge in [-0.3, -0.25) is 4.79 Å². The minimum absolute atomic E-state index is 0.0482. The molecule has 0 spiro atoms. The van der Waals surface area contributed by atoms with Crippen LogP contribution >= 0.6 is 0 Å². The Bertz CT molecular complexity index is 689. The minimum Gasteiger partial charge on any atom is -0.504 e. The van der Waals surface area contributed by atoms with E-state index >= 15 is 0 Å².